The molecule has 7 nitrogen and oxygen atoms in total. The normalized spacial score (nSPS) is 14.1. The van der Waals surface area contributed by atoms with Crippen molar-refractivity contribution in [1.82, 2.24) is 4.90 Å². The average Bonchev–Trinajstić information content (AvgIpc) is 3.16. The monoisotopic (exact) mass is 439 g/mol. The van der Waals surface area contributed by atoms with Crippen LogP contribution in [0.25, 0.3) is 0 Å². The van der Waals surface area contributed by atoms with Crippen molar-refractivity contribution in [1.29, 1.82) is 0 Å². The molecule has 9 heteroatoms. The van der Waals surface area contributed by atoms with Gasteiger partial charge in [0.25, 0.3) is 0 Å². The van der Waals surface area contributed by atoms with Crippen LogP contribution in [0.15, 0.2) is 35.7 Å². The Kier molecular flexibility index (Phi) is 8.63. The molecule has 2 N–H and O–H groups in total. The number of hydrogen-bond acceptors (Lipinski definition) is 6. The number of ether oxygens (including phenoxy) is 1. The third-order valence-corrected chi connectivity index (χ3v) is 5.75. The van der Waals surface area contributed by atoms with Crippen LogP contribution in [0.2, 0.25) is 5.02 Å². The predicted octanol–water partition coefficient (Wildman–Crippen LogP) is 3.61. The lowest BCUT2D eigenvalue weighted by Gasteiger charge is -2.33. The number of methoxy groups -OCH3 is 1. The van der Waals surface area contributed by atoms with Gasteiger partial charge in [-0.15, -0.1) is 11.3 Å². The van der Waals surface area contributed by atoms with Gasteiger partial charge in [0.05, 0.1) is 20.0 Å². The first-order chi connectivity index (χ1) is 13.8. The fourth-order valence-electron chi connectivity index (χ4n) is 2.99. The SMILES string of the molecule is COC(=O)C(c1ccccc1Cl)N1CCc2sccc2C1.O=C(O)CCC(=O)O. The Hall–Kier alpha value is -2.42. The van der Waals surface area contributed by atoms with Crippen molar-refractivity contribution in [3.63, 3.8) is 0 Å². The number of nitrogens with zero attached hydrogens (tertiary/aromatic N) is 1. The summed E-state index contributed by atoms with van der Waals surface area (Å²) >= 11 is 8.07. The molecule has 1 aliphatic rings. The van der Waals surface area contributed by atoms with Crippen LogP contribution in [0, 0.1) is 0 Å². The second-order valence-corrected chi connectivity index (χ2v) is 7.73. The maximum absolute atomic E-state index is 12.3. The molecular formula is C20H22ClNO6S. The molecule has 2 heterocycles. The first-order valence-corrected chi connectivity index (χ1v) is 10.1. The largest absolute Gasteiger partial charge is 0.481 e. The zero-order valence-corrected chi connectivity index (χ0v) is 17.4. The summed E-state index contributed by atoms with van der Waals surface area (Å²) in [5.74, 6) is -2.42. The van der Waals surface area contributed by atoms with Crippen molar-refractivity contribution in [2.45, 2.75) is 31.8 Å². The number of aliphatic carboxylic acids is 2. The molecule has 29 heavy (non-hydrogen) atoms. The van der Waals surface area contributed by atoms with Gasteiger partial charge in [-0.05, 0) is 35.1 Å². The Bertz CT molecular complexity index is 854. The van der Waals surface area contributed by atoms with E-state index in [2.05, 4.69) is 16.3 Å². The quantitative estimate of drug-likeness (QED) is 0.662. The van der Waals surface area contributed by atoms with Gasteiger partial charge in [0.2, 0.25) is 0 Å². The summed E-state index contributed by atoms with van der Waals surface area (Å²) in [5, 5.41) is 18.5. The summed E-state index contributed by atoms with van der Waals surface area (Å²) in [5.41, 5.74) is 2.11. The van der Waals surface area contributed by atoms with E-state index in [9.17, 15) is 14.4 Å². The highest BCUT2D eigenvalue weighted by molar-refractivity contribution is 7.10. The molecule has 0 saturated carbocycles. The zero-order valence-electron chi connectivity index (χ0n) is 15.8. The van der Waals surface area contributed by atoms with E-state index in [-0.39, 0.29) is 18.8 Å². The van der Waals surface area contributed by atoms with E-state index in [4.69, 9.17) is 26.6 Å². The summed E-state index contributed by atoms with van der Waals surface area (Å²) in [6.45, 7) is 1.59. The lowest BCUT2D eigenvalue weighted by Crippen LogP contribution is -2.38. The number of carbonyl (C=O) groups excluding carboxylic acids is 1. The second kappa shape index (κ2) is 10.9. The number of rotatable bonds is 6. The Balaban J connectivity index is 0.000000321. The number of carboxylic acid groups (broad SMARTS) is 2. The lowest BCUT2D eigenvalue weighted by atomic mass is 10.0. The molecule has 1 aromatic heterocycles. The molecular weight excluding hydrogens is 418 g/mol. The molecule has 1 unspecified atom stereocenters. The number of thiophene rings is 1. The van der Waals surface area contributed by atoms with Crippen molar-refractivity contribution < 1.29 is 29.3 Å². The van der Waals surface area contributed by atoms with Crippen molar-refractivity contribution in [2.24, 2.45) is 0 Å². The molecule has 1 aliphatic heterocycles. The number of benzene rings is 1. The number of carbonyl (C=O) groups is 3. The number of esters is 1. The molecule has 0 saturated heterocycles. The third-order valence-electron chi connectivity index (χ3n) is 4.38. The van der Waals surface area contributed by atoms with Gasteiger partial charge in [0.15, 0.2) is 0 Å². The fraction of sp³-hybridized carbons (Fsp3) is 0.350. The van der Waals surface area contributed by atoms with Crippen molar-refractivity contribution in [3.05, 3.63) is 56.7 Å². The summed E-state index contributed by atoms with van der Waals surface area (Å²) in [6.07, 6.45) is 0.371. The van der Waals surface area contributed by atoms with E-state index in [1.165, 1.54) is 17.6 Å². The summed E-state index contributed by atoms with van der Waals surface area (Å²) in [6, 6.07) is 9.16. The van der Waals surface area contributed by atoms with Crippen LogP contribution in [0.4, 0.5) is 0 Å². The fourth-order valence-corrected chi connectivity index (χ4v) is 4.11. The Morgan fingerprint density at radius 2 is 1.83 bits per heavy atom. The molecule has 156 valence electrons. The molecule has 3 rings (SSSR count). The number of carboxylic acids is 2. The minimum atomic E-state index is -1.08. The van der Waals surface area contributed by atoms with Gasteiger partial charge in [0, 0.05) is 23.0 Å². The van der Waals surface area contributed by atoms with Gasteiger partial charge < -0.3 is 14.9 Å². The smallest absolute Gasteiger partial charge is 0.327 e. The van der Waals surface area contributed by atoms with Gasteiger partial charge in [-0.2, -0.15) is 0 Å². The number of hydrogen-bond donors (Lipinski definition) is 2. The van der Waals surface area contributed by atoms with Gasteiger partial charge in [0.1, 0.15) is 6.04 Å². The maximum Gasteiger partial charge on any atom is 0.327 e. The summed E-state index contributed by atoms with van der Waals surface area (Å²) < 4.78 is 5.01. The first kappa shape index (κ1) is 22.9. The third kappa shape index (κ3) is 6.56. The van der Waals surface area contributed by atoms with Crippen molar-refractivity contribution >= 4 is 40.8 Å². The van der Waals surface area contributed by atoms with Crippen LogP contribution in [-0.4, -0.2) is 46.7 Å². The molecule has 2 aromatic rings. The molecule has 0 amide bonds. The molecule has 0 bridgehead atoms. The van der Waals surface area contributed by atoms with Gasteiger partial charge in [-0.3, -0.25) is 14.5 Å². The molecule has 0 fully saturated rings. The van der Waals surface area contributed by atoms with E-state index < -0.39 is 18.0 Å². The lowest BCUT2D eigenvalue weighted by molar-refractivity contribution is -0.147. The highest BCUT2D eigenvalue weighted by Crippen LogP contribution is 2.33. The Morgan fingerprint density at radius 3 is 2.41 bits per heavy atom. The Labute approximate surface area is 177 Å². The van der Waals surface area contributed by atoms with E-state index in [1.807, 2.05) is 24.3 Å². The van der Waals surface area contributed by atoms with Crippen LogP contribution in [0.3, 0.4) is 0 Å². The Morgan fingerprint density at radius 1 is 1.17 bits per heavy atom. The molecule has 1 atom stereocenters. The highest BCUT2D eigenvalue weighted by Gasteiger charge is 2.32. The average molecular weight is 440 g/mol. The van der Waals surface area contributed by atoms with Gasteiger partial charge in [-0.1, -0.05) is 29.8 Å². The van der Waals surface area contributed by atoms with Crippen molar-refractivity contribution in [2.75, 3.05) is 13.7 Å². The number of halogens is 1. The molecule has 1 aromatic carbocycles. The summed E-state index contributed by atoms with van der Waals surface area (Å²) in [4.78, 5) is 35.1. The minimum Gasteiger partial charge on any atom is -0.481 e. The van der Waals surface area contributed by atoms with E-state index in [0.29, 0.717) is 5.02 Å². The standard InChI is InChI=1S/C16H16ClNO2S.C4H6O4/c1-20-16(19)15(12-4-2-3-5-13(12)17)18-8-6-14-11(10-18)7-9-21-14;5-3(6)1-2-4(7)8/h2-5,7,9,15H,6,8,10H2,1H3;1-2H2,(H,5,6)(H,7,8). The van der Waals surface area contributed by atoms with Crippen LogP contribution >= 0.6 is 22.9 Å². The van der Waals surface area contributed by atoms with Crippen LogP contribution in [0.1, 0.15) is 34.9 Å². The van der Waals surface area contributed by atoms with Crippen LogP contribution in [-0.2, 0) is 32.1 Å². The molecule has 0 aliphatic carbocycles. The van der Waals surface area contributed by atoms with Crippen LogP contribution in [0.5, 0.6) is 0 Å². The topological polar surface area (TPSA) is 104 Å². The molecule has 0 spiro atoms. The highest BCUT2D eigenvalue weighted by atomic mass is 35.5. The minimum absolute atomic E-state index is 0.262. The summed E-state index contributed by atoms with van der Waals surface area (Å²) in [7, 11) is 1.42. The second-order valence-electron chi connectivity index (χ2n) is 6.32. The predicted molar refractivity (Wildman–Crippen MR) is 109 cm³/mol. The molecule has 0 radical (unpaired) electrons. The van der Waals surface area contributed by atoms with E-state index in [0.717, 1.165) is 25.1 Å². The van der Waals surface area contributed by atoms with E-state index >= 15 is 0 Å². The van der Waals surface area contributed by atoms with Crippen LogP contribution < -0.4 is 0 Å². The number of fused-ring (bicyclic) bond motifs is 1. The van der Waals surface area contributed by atoms with Crippen molar-refractivity contribution in [3.8, 4) is 0 Å². The maximum atomic E-state index is 12.3. The van der Waals surface area contributed by atoms with Gasteiger partial charge in [-0.25, -0.2) is 4.79 Å². The zero-order chi connectivity index (χ0) is 21.4. The van der Waals surface area contributed by atoms with Gasteiger partial charge >= 0.3 is 17.9 Å². The van der Waals surface area contributed by atoms with E-state index in [1.54, 1.807) is 11.3 Å². The first-order valence-electron chi connectivity index (χ1n) is 8.88.